The fraction of sp³-hybridized carbons (Fsp3) is 0.545. The molecule has 4 nitrogen and oxygen atoms in total. The highest BCUT2D eigenvalue weighted by Crippen LogP contribution is 2.06. The van der Waals surface area contributed by atoms with Crippen LogP contribution in [0.25, 0.3) is 0 Å². The SMILES string of the molecule is C=CN(C)/C=C\NCC(=O)N1CCCC1. The second kappa shape index (κ2) is 6.11. The van der Waals surface area contributed by atoms with Crippen LogP contribution in [0.2, 0.25) is 0 Å². The van der Waals surface area contributed by atoms with E-state index in [1.165, 1.54) is 0 Å². The van der Waals surface area contributed by atoms with Crippen LogP contribution in [0.3, 0.4) is 0 Å². The van der Waals surface area contributed by atoms with Gasteiger partial charge in [0.25, 0.3) is 0 Å². The van der Waals surface area contributed by atoms with Gasteiger partial charge in [-0.25, -0.2) is 0 Å². The second-order valence-corrected chi connectivity index (χ2v) is 3.63. The molecule has 1 aliphatic heterocycles. The molecular formula is C11H19N3O. The van der Waals surface area contributed by atoms with Crippen molar-refractivity contribution >= 4 is 5.91 Å². The standard InChI is InChI=1S/C11H19N3O/c1-3-13(2)9-6-12-10-11(15)14-7-4-5-8-14/h3,6,9,12H,1,4-5,7-8,10H2,2H3/b9-6-. The molecule has 1 saturated heterocycles. The van der Waals surface area contributed by atoms with Crippen molar-refractivity contribution in [2.45, 2.75) is 12.8 Å². The van der Waals surface area contributed by atoms with Crippen LogP contribution in [-0.2, 0) is 4.79 Å². The number of carbonyl (C=O) groups is 1. The molecule has 0 bridgehead atoms. The highest BCUT2D eigenvalue weighted by atomic mass is 16.2. The zero-order valence-electron chi connectivity index (χ0n) is 9.28. The van der Waals surface area contributed by atoms with Crippen LogP contribution >= 0.6 is 0 Å². The summed E-state index contributed by atoms with van der Waals surface area (Å²) in [6, 6.07) is 0. The number of amides is 1. The minimum absolute atomic E-state index is 0.179. The maximum Gasteiger partial charge on any atom is 0.241 e. The number of rotatable bonds is 5. The molecule has 4 heteroatoms. The van der Waals surface area contributed by atoms with Gasteiger partial charge in [-0.2, -0.15) is 0 Å². The Hall–Kier alpha value is -1.45. The monoisotopic (exact) mass is 209 g/mol. The quantitative estimate of drug-likeness (QED) is 0.725. The van der Waals surface area contributed by atoms with Crippen LogP contribution in [0.5, 0.6) is 0 Å². The first-order valence-corrected chi connectivity index (χ1v) is 5.26. The lowest BCUT2D eigenvalue weighted by Crippen LogP contribution is -2.34. The Balaban J connectivity index is 2.16. The van der Waals surface area contributed by atoms with Crippen molar-refractivity contribution in [1.29, 1.82) is 0 Å². The van der Waals surface area contributed by atoms with Gasteiger partial charge in [-0.3, -0.25) is 4.79 Å². The Morgan fingerprint density at radius 2 is 2.20 bits per heavy atom. The van der Waals surface area contributed by atoms with E-state index in [4.69, 9.17) is 0 Å². The summed E-state index contributed by atoms with van der Waals surface area (Å²) < 4.78 is 0. The van der Waals surface area contributed by atoms with E-state index in [2.05, 4.69) is 11.9 Å². The molecule has 0 aromatic rings. The van der Waals surface area contributed by atoms with E-state index < -0.39 is 0 Å². The van der Waals surface area contributed by atoms with Gasteiger partial charge >= 0.3 is 0 Å². The van der Waals surface area contributed by atoms with Gasteiger partial charge in [0.2, 0.25) is 5.91 Å². The predicted octanol–water partition coefficient (Wildman–Crippen LogP) is 0.745. The Morgan fingerprint density at radius 1 is 1.53 bits per heavy atom. The average molecular weight is 209 g/mol. The minimum Gasteiger partial charge on any atom is -0.381 e. The molecule has 1 N–H and O–H groups in total. The van der Waals surface area contributed by atoms with Crippen molar-refractivity contribution < 1.29 is 4.79 Å². The molecule has 15 heavy (non-hydrogen) atoms. The highest BCUT2D eigenvalue weighted by molar-refractivity contribution is 5.78. The van der Waals surface area contributed by atoms with Gasteiger partial charge in [-0.15, -0.1) is 0 Å². The van der Waals surface area contributed by atoms with Crippen molar-refractivity contribution in [3.63, 3.8) is 0 Å². The Morgan fingerprint density at radius 3 is 2.80 bits per heavy atom. The molecule has 1 fully saturated rings. The first kappa shape index (κ1) is 11.6. The molecule has 1 rings (SSSR count). The second-order valence-electron chi connectivity index (χ2n) is 3.63. The molecule has 0 atom stereocenters. The largest absolute Gasteiger partial charge is 0.381 e. The van der Waals surface area contributed by atoms with E-state index in [-0.39, 0.29) is 5.91 Å². The Kier molecular flexibility index (Phi) is 4.74. The van der Waals surface area contributed by atoms with E-state index in [1.807, 2.05) is 23.0 Å². The predicted molar refractivity (Wildman–Crippen MR) is 60.9 cm³/mol. The van der Waals surface area contributed by atoms with Crippen molar-refractivity contribution in [3.8, 4) is 0 Å². The fourth-order valence-corrected chi connectivity index (χ4v) is 1.46. The number of hydrogen-bond donors (Lipinski definition) is 1. The molecule has 0 unspecified atom stereocenters. The van der Waals surface area contributed by atoms with Gasteiger partial charge in [0.1, 0.15) is 0 Å². The maximum atomic E-state index is 11.6. The third-order valence-corrected chi connectivity index (χ3v) is 2.43. The van der Waals surface area contributed by atoms with E-state index in [0.717, 1.165) is 25.9 Å². The molecule has 1 amide bonds. The summed E-state index contributed by atoms with van der Waals surface area (Å²) in [5.41, 5.74) is 0. The van der Waals surface area contributed by atoms with Crippen LogP contribution < -0.4 is 5.32 Å². The van der Waals surface area contributed by atoms with Crippen LogP contribution in [-0.4, -0.2) is 42.4 Å². The fourth-order valence-electron chi connectivity index (χ4n) is 1.46. The lowest BCUT2D eigenvalue weighted by molar-refractivity contribution is -0.128. The van der Waals surface area contributed by atoms with Crippen molar-refractivity contribution in [2.24, 2.45) is 0 Å². The average Bonchev–Trinajstić information content (AvgIpc) is 2.77. The van der Waals surface area contributed by atoms with Gasteiger partial charge in [-0.1, -0.05) is 6.58 Å². The first-order chi connectivity index (χ1) is 7.24. The molecule has 0 spiro atoms. The molecule has 1 heterocycles. The van der Waals surface area contributed by atoms with Gasteiger partial charge in [0.15, 0.2) is 0 Å². The topological polar surface area (TPSA) is 35.6 Å². The summed E-state index contributed by atoms with van der Waals surface area (Å²) in [5, 5.41) is 2.97. The number of nitrogens with zero attached hydrogens (tertiary/aromatic N) is 2. The van der Waals surface area contributed by atoms with E-state index in [9.17, 15) is 4.79 Å². The third kappa shape index (κ3) is 4.06. The van der Waals surface area contributed by atoms with Crippen molar-refractivity contribution in [2.75, 3.05) is 26.7 Å². The maximum absolute atomic E-state index is 11.6. The number of likely N-dealkylation sites (tertiary alicyclic amines) is 1. The lowest BCUT2D eigenvalue weighted by Gasteiger charge is -2.14. The Bertz CT molecular complexity index is 244. The molecule has 0 aromatic carbocycles. The third-order valence-electron chi connectivity index (χ3n) is 2.43. The molecule has 0 saturated carbocycles. The summed E-state index contributed by atoms with van der Waals surface area (Å²) in [6.45, 7) is 5.81. The summed E-state index contributed by atoms with van der Waals surface area (Å²) >= 11 is 0. The van der Waals surface area contributed by atoms with Gasteiger partial charge in [0, 0.05) is 32.5 Å². The van der Waals surface area contributed by atoms with E-state index >= 15 is 0 Å². The zero-order valence-corrected chi connectivity index (χ0v) is 9.28. The normalized spacial score (nSPS) is 15.7. The summed E-state index contributed by atoms with van der Waals surface area (Å²) in [5.74, 6) is 0.179. The van der Waals surface area contributed by atoms with Crippen LogP contribution in [0.1, 0.15) is 12.8 Å². The number of carbonyl (C=O) groups excluding carboxylic acids is 1. The highest BCUT2D eigenvalue weighted by Gasteiger charge is 2.16. The van der Waals surface area contributed by atoms with E-state index in [1.54, 1.807) is 12.4 Å². The molecule has 84 valence electrons. The van der Waals surface area contributed by atoms with Gasteiger partial charge in [-0.05, 0) is 19.0 Å². The lowest BCUT2D eigenvalue weighted by atomic mass is 10.4. The van der Waals surface area contributed by atoms with E-state index in [0.29, 0.717) is 6.54 Å². The molecule has 0 aromatic heterocycles. The molecule has 1 aliphatic rings. The molecular weight excluding hydrogens is 190 g/mol. The van der Waals surface area contributed by atoms with Crippen molar-refractivity contribution in [3.05, 3.63) is 25.2 Å². The summed E-state index contributed by atoms with van der Waals surface area (Å²) in [4.78, 5) is 15.3. The summed E-state index contributed by atoms with van der Waals surface area (Å²) in [6.07, 6.45) is 7.56. The Labute approximate surface area is 91.2 Å². The van der Waals surface area contributed by atoms with Gasteiger partial charge in [0.05, 0.1) is 6.54 Å². The summed E-state index contributed by atoms with van der Waals surface area (Å²) in [7, 11) is 1.88. The molecule has 0 aliphatic carbocycles. The number of hydrogen-bond acceptors (Lipinski definition) is 3. The van der Waals surface area contributed by atoms with Crippen LogP contribution in [0.15, 0.2) is 25.2 Å². The van der Waals surface area contributed by atoms with Gasteiger partial charge < -0.3 is 15.1 Å². The minimum atomic E-state index is 0.179. The van der Waals surface area contributed by atoms with Crippen LogP contribution in [0.4, 0.5) is 0 Å². The number of nitrogens with one attached hydrogen (secondary N) is 1. The smallest absolute Gasteiger partial charge is 0.241 e. The molecule has 0 radical (unpaired) electrons. The van der Waals surface area contributed by atoms with Crippen molar-refractivity contribution in [1.82, 2.24) is 15.1 Å². The van der Waals surface area contributed by atoms with Crippen LogP contribution in [0, 0.1) is 0 Å². The zero-order chi connectivity index (χ0) is 11.1. The first-order valence-electron chi connectivity index (χ1n) is 5.26.